The van der Waals surface area contributed by atoms with Gasteiger partial charge in [-0.25, -0.2) is 0 Å². The lowest BCUT2D eigenvalue weighted by Gasteiger charge is -2.11. The van der Waals surface area contributed by atoms with Crippen molar-refractivity contribution in [3.8, 4) is 0 Å². The molecule has 2 N–H and O–H groups in total. The van der Waals surface area contributed by atoms with Crippen molar-refractivity contribution in [3.05, 3.63) is 21.9 Å². The molecular formula is C13H23NOS. The minimum Gasteiger partial charge on any atom is -0.396 e. The summed E-state index contributed by atoms with van der Waals surface area (Å²) in [5.74, 6) is 0. The molecule has 1 heterocycles. The minimum absolute atomic E-state index is 0.332. The van der Waals surface area contributed by atoms with Crippen LogP contribution in [0.1, 0.15) is 48.4 Å². The van der Waals surface area contributed by atoms with E-state index in [1.807, 2.05) is 11.3 Å². The molecule has 1 atom stereocenters. The van der Waals surface area contributed by atoms with Gasteiger partial charge in [-0.2, -0.15) is 0 Å². The second kappa shape index (κ2) is 7.82. The van der Waals surface area contributed by atoms with Gasteiger partial charge in [0.25, 0.3) is 0 Å². The smallest absolute Gasteiger partial charge is 0.0431 e. The molecule has 0 aromatic carbocycles. The molecule has 1 rings (SSSR count). The molecule has 2 nitrogen and oxygen atoms in total. The highest BCUT2D eigenvalue weighted by Crippen LogP contribution is 2.22. The minimum atomic E-state index is 0.332. The van der Waals surface area contributed by atoms with Crippen LogP contribution in [0.3, 0.4) is 0 Å². The van der Waals surface area contributed by atoms with E-state index in [-0.39, 0.29) is 0 Å². The summed E-state index contributed by atoms with van der Waals surface area (Å²) in [5.41, 5.74) is 0. The van der Waals surface area contributed by atoms with E-state index in [2.05, 4.69) is 31.3 Å². The molecule has 1 unspecified atom stereocenters. The van der Waals surface area contributed by atoms with Gasteiger partial charge in [-0.1, -0.05) is 12.8 Å². The molecule has 0 spiro atoms. The lowest BCUT2D eigenvalue weighted by Crippen LogP contribution is -2.18. The van der Waals surface area contributed by atoms with Gasteiger partial charge in [0.1, 0.15) is 0 Å². The molecule has 0 amide bonds. The number of aryl methyl sites for hydroxylation is 1. The summed E-state index contributed by atoms with van der Waals surface area (Å²) in [6, 6.07) is 4.86. The third-order valence-electron chi connectivity index (χ3n) is 2.72. The monoisotopic (exact) mass is 241 g/mol. The number of thiophene rings is 1. The first-order valence-corrected chi connectivity index (χ1v) is 6.96. The molecule has 0 aliphatic heterocycles. The van der Waals surface area contributed by atoms with Gasteiger partial charge in [-0.05, 0) is 45.4 Å². The second-order valence-corrected chi connectivity index (χ2v) is 5.58. The summed E-state index contributed by atoms with van der Waals surface area (Å²) in [7, 11) is 0. The molecule has 1 aromatic heterocycles. The Labute approximate surface area is 103 Å². The Kier molecular flexibility index (Phi) is 6.69. The standard InChI is InChI=1S/C13H23NOS/c1-11-7-8-13(16-11)12(2)14-9-5-3-4-6-10-15/h7-8,12,14-15H,3-6,9-10H2,1-2H3. The van der Waals surface area contributed by atoms with Gasteiger partial charge in [-0.3, -0.25) is 0 Å². The first-order valence-electron chi connectivity index (χ1n) is 6.14. The maximum absolute atomic E-state index is 8.65. The van der Waals surface area contributed by atoms with Gasteiger partial charge in [0.2, 0.25) is 0 Å². The van der Waals surface area contributed by atoms with E-state index in [4.69, 9.17) is 5.11 Å². The van der Waals surface area contributed by atoms with Crippen LogP contribution < -0.4 is 5.32 Å². The summed E-state index contributed by atoms with van der Waals surface area (Å²) < 4.78 is 0. The van der Waals surface area contributed by atoms with Gasteiger partial charge in [0, 0.05) is 22.4 Å². The third-order valence-corrected chi connectivity index (χ3v) is 3.91. The summed E-state index contributed by atoms with van der Waals surface area (Å²) in [5, 5.41) is 12.2. The van der Waals surface area contributed by atoms with E-state index in [0.717, 1.165) is 19.4 Å². The fourth-order valence-corrected chi connectivity index (χ4v) is 2.60. The number of hydrogen-bond donors (Lipinski definition) is 2. The van der Waals surface area contributed by atoms with Gasteiger partial charge < -0.3 is 10.4 Å². The Morgan fingerprint density at radius 1 is 1.25 bits per heavy atom. The average Bonchev–Trinajstić information content (AvgIpc) is 2.70. The zero-order chi connectivity index (χ0) is 11.8. The van der Waals surface area contributed by atoms with Crippen LogP contribution in [0.25, 0.3) is 0 Å². The molecule has 0 saturated carbocycles. The van der Waals surface area contributed by atoms with Gasteiger partial charge in [0.05, 0.1) is 0 Å². The number of unbranched alkanes of at least 4 members (excludes halogenated alkanes) is 3. The predicted octanol–water partition coefficient (Wildman–Crippen LogP) is 3.26. The average molecular weight is 241 g/mol. The topological polar surface area (TPSA) is 32.3 Å². The van der Waals surface area contributed by atoms with Crippen LogP contribution in [0.2, 0.25) is 0 Å². The van der Waals surface area contributed by atoms with Crippen molar-refractivity contribution < 1.29 is 5.11 Å². The van der Waals surface area contributed by atoms with E-state index in [9.17, 15) is 0 Å². The van der Waals surface area contributed by atoms with Gasteiger partial charge in [-0.15, -0.1) is 11.3 Å². The number of aliphatic hydroxyl groups excluding tert-OH is 1. The van der Waals surface area contributed by atoms with Crippen molar-refractivity contribution in [2.24, 2.45) is 0 Å². The molecular weight excluding hydrogens is 218 g/mol. The Balaban J connectivity index is 2.09. The molecule has 3 heteroatoms. The fraction of sp³-hybridized carbons (Fsp3) is 0.692. The fourth-order valence-electron chi connectivity index (χ4n) is 1.70. The highest BCUT2D eigenvalue weighted by Gasteiger charge is 2.05. The van der Waals surface area contributed by atoms with Gasteiger partial charge in [0.15, 0.2) is 0 Å². The summed E-state index contributed by atoms with van der Waals surface area (Å²) in [6.45, 7) is 5.77. The van der Waals surface area contributed by atoms with Crippen LogP contribution in [0.4, 0.5) is 0 Å². The largest absolute Gasteiger partial charge is 0.396 e. The predicted molar refractivity (Wildman–Crippen MR) is 71.0 cm³/mol. The summed E-state index contributed by atoms with van der Waals surface area (Å²) >= 11 is 1.87. The van der Waals surface area contributed by atoms with E-state index in [1.54, 1.807) is 0 Å². The lowest BCUT2D eigenvalue weighted by atomic mass is 10.2. The summed E-state index contributed by atoms with van der Waals surface area (Å²) in [6.07, 6.45) is 4.50. The zero-order valence-corrected chi connectivity index (χ0v) is 11.1. The number of aliphatic hydroxyl groups is 1. The Morgan fingerprint density at radius 3 is 2.62 bits per heavy atom. The molecule has 0 aliphatic rings. The first kappa shape index (κ1) is 13.7. The summed E-state index contributed by atoms with van der Waals surface area (Å²) in [4.78, 5) is 2.81. The normalized spacial score (nSPS) is 12.9. The van der Waals surface area contributed by atoms with Crippen LogP contribution in [0.15, 0.2) is 12.1 Å². The van der Waals surface area contributed by atoms with Crippen molar-refractivity contribution in [1.29, 1.82) is 0 Å². The van der Waals surface area contributed by atoms with E-state index >= 15 is 0 Å². The van der Waals surface area contributed by atoms with Crippen molar-refractivity contribution in [3.63, 3.8) is 0 Å². The van der Waals surface area contributed by atoms with E-state index in [0.29, 0.717) is 12.6 Å². The van der Waals surface area contributed by atoms with E-state index < -0.39 is 0 Å². The van der Waals surface area contributed by atoms with Crippen molar-refractivity contribution in [2.45, 2.75) is 45.6 Å². The molecule has 92 valence electrons. The third kappa shape index (κ3) is 5.10. The zero-order valence-electron chi connectivity index (χ0n) is 10.3. The van der Waals surface area contributed by atoms with E-state index in [1.165, 1.54) is 22.6 Å². The second-order valence-electron chi connectivity index (χ2n) is 4.26. The molecule has 0 aliphatic carbocycles. The van der Waals surface area contributed by atoms with Crippen LogP contribution in [-0.4, -0.2) is 18.3 Å². The van der Waals surface area contributed by atoms with Crippen LogP contribution in [0, 0.1) is 6.92 Å². The SMILES string of the molecule is Cc1ccc(C(C)NCCCCCCO)s1. The Bertz CT molecular complexity index is 285. The molecule has 0 fully saturated rings. The van der Waals surface area contributed by atoms with Crippen LogP contribution in [-0.2, 0) is 0 Å². The molecule has 0 saturated heterocycles. The number of hydrogen-bond acceptors (Lipinski definition) is 3. The maximum atomic E-state index is 8.65. The van der Waals surface area contributed by atoms with Crippen molar-refractivity contribution >= 4 is 11.3 Å². The van der Waals surface area contributed by atoms with Crippen molar-refractivity contribution in [2.75, 3.05) is 13.2 Å². The molecule has 16 heavy (non-hydrogen) atoms. The lowest BCUT2D eigenvalue weighted by molar-refractivity contribution is 0.282. The van der Waals surface area contributed by atoms with Crippen LogP contribution in [0.5, 0.6) is 0 Å². The Morgan fingerprint density at radius 2 is 2.00 bits per heavy atom. The molecule has 0 radical (unpaired) electrons. The number of nitrogens with one attached hydrogen (secondary N) is 1. The van der Waals surface area contributed by atoms with Crippen molar-refractivity contribution in [1.82, 2.24) is 5.32 Å². The number of rotatable bonds is 8. The quantitative estimate of drug-likeness (QED) is 0.685. The van der Waals surface area contributed by atoms with Gasteiger partial charge >= 0.3 is 0 Å². The highest BCUT2D eigenvalue weighted by atomic mass is 32.1. The molecule has 1 aromatic rings. The maximum Gasteiger partial charge on any atom is 0.0431 e. The molecule has 0 bridgehead atoms. The Hall–Kier alpha value is -0.380. The van der Waals surface area contributed by atoms with Crippen LogP contribution >= 0.6 is 11.3 Å². The first-order chi connectivity index (χ1) is 7.74. The highest BCUT2D eigenvalue weighted by molar-refractivity contribution is 7.12.